The van der Waals surface area contributed by atoms with E-state index >= 15 is 0 Å². The number of halogens is 1. The van der Waals surface area contributed by atoms with E-state index in [9.17, 15) is 40.4 Å². The molecule has 0 atom stereocenters. The molecule has 0 bridgehead atoms. The van der Waals surface area contributed by atoms with Gasteiger partial charge in [0.15, 0.2) is 0 Å². The average molecular weight is 899 g/mol. The van der Waals surface area contributed by atoms with Gasteiger partial charge < -0.3 is 19.7 Å². The van der Waals surface area contributed by atoms with Gasteiger partial charge in [-0.3, -0.25) is 30.3 Å². The third-order valence-corrected chi connectivity index (χ3v) is 12.6. The summed E-state index contributed by atoms with van der Waals surface area (Å²) in [6.07, 6.45) is 0. The van der Waals surface area contributed by atoms with Crippen LogP contribution >= 0.6 is 38.6 Å². The summed E-state index contributed by atoms with van der Waals surface area (Å²) in [4.78, 5) is 32.2. The minimum atomic E-state index is -1.51. The Morgan fingerprint density at radius 1 is 0.500 bits per heavy atom. The molecule has 2 aromatic heterocycles. The van der Waals surface area contributed by atoms with Gasteiger partial charge in [0.2, 0.25) is 0 Å². The lowest BCUT2D eigenvalue weighted by Crippen LogP contribution is -2.29. The highest BCUT2D eigenvalue weighted by Gasteiger charge is 2.22. The molecule has 60 heavy (non-hydrogen) atoms. The van der Waals surface area contributed by atoms with E-state index in [0.717, 1.165) is 51.5 Å². The number of rotatable bonds is 8. The van der Waals surface area contributed by atoms with Gasteiger partial charge in [-0.2, -0.15) is 0 Å². The number of hydrogen-bond donors (Lipinski definition) is 3. The fraction of sp³-hybridized carbons (Fsp3) is 0. The van der Waals surface area contributed by atoms with E-state index in [1.54, 1.807) is 72.8 Å². The standard InChI is InChI=1S/C24H14N2O4S.C12H9B2O4S.C6H4BrNO2/c27-25(28)21-13-3-1-7-15(21)17-9-5-11-19-20-12-6-10-18(24(20)31-23(17)19)16-8-2-4-14-22(16)26(29)30;15-13-18-10-6-2-4-8-7-3-1-5-9(14(16)17)11(7)19-12(8)10;7-5-3-1-2-4-6(5)8(9)10/h1-14H;1-6,15-17H;1-4H. The van der Waals surface area contributed by atoms with E-state index < -0.39 is 12.0 Å². The van der Waals surface area contributed by atoms with Crippen LogP contribution in [0.2, 0.25) is 0 Å². The molecule has 0 saturated carbocycles. The number of para-hydroxylation sites is 3. The number of nitro benzene ring substituents is 3. The number of thiophene rings is 2. The predicted octanol–water partition coefficient (Wildman–Crippen LogP) is 10.2. The predicted molar refractivity (Wildman–Crippen MR) is 242 cm³/mol. The number of nitro groups is 3. The molecule has 18 heteroatoms. The Balaban J connectivity index is 0.000000158. The zero-order chi connectivity index (χ0) is 42.5. The molecule has 3 N–H and O–H groups in total. The van der Waals surface area contributed by atoms with Crippen LogP contribution in [-0.2, 0) is 0 Å². The fourth-order valence-corrected chi connectivity index (χ4v) is 9.81. The highest BCUT2D eigenvalue weighted by molar-refractivity contribution is 9.10. The van der Waals surface area contributed by atoms with Crippen LogP contribution in [0.15, 0.2) is 150 Å². The molecular formula is C42H27B2BrN3O10S2. The summed E-state index contributed by atoms with van der Waals surface area (Å²) in [5.74, 6) is 0.541. The Morgan fingerprint density at radius 2 is 0.900 bits per heavy atom. The summed E-state index contributed by atoms with van der Waals surface area (Å²) in [5, 5.41) is 64.8. The first-order chi connectivity index (χ1) is 29.0. The molecule has 13 nitrogen and oxygen atoms in total. The van der Waals surface area contributed by atoms with Gasteiger partial charge in [0.1, 0.15) is 5.75 Å². The smallest absolute Gasteiger partial charge is 0.536 e. The minimum absolute atomic E-state index is 0.0476. The number of benzene rings is 7. The van der Waals surface area contributed by atoms with Crippen molar-refractivity contribution in [1.29, 1.82) is 0 Å². The lowest BCUT2D eigenvalue weighted by Gasteiger charge is -2.04. The molecule has 9 rings (SSSR count). The van der Waals surface area contributed by atoms with Crippen LogP contribution in [0.5, 0.6) is 5.75 Å². The summed E-state index contributed by atoms with van der Waals surface area (Å²) < 4.78 is 9.07. The maximum Gasteiger partial charge on any atom is 0.569 e. The first-order valence-corrected chi connectivity index (χ1v) is 20.2. The Morgan fingerprint density at radius 3 is 1.37 bits per heavy atom. The van der Waals surface area contributed by atoms with E-state index in [1.807, 2.05) is 54.6 Å². The molecule has 0 unspecified atom stereocenters. The third kappa shape index (κ3) is 8.33. The lowest BCUT2D eigenvalue weighted by molar-refractivity contribution is -0.385. The van der Waals surface area contributed by atoms with Crippen molar-refractivity contribution in [3.63, 3.8) is 0 Å². The quantitative estimate of drug-likeness (QED) is 0.0749. The molecule has 295 valence electrons. The van der Waals surface area contributed by atoms with Crippen LogP contribution in [0.25, 0.3) is 62.6 Å². The normalized spacial score (nSPS) is 10.7. The molecule has 0 aliphatic heterocycles. The molecule has 0 spiro atoms. The van der Waals surface area contributed by atoms with Crippen molar-refractivity contribution in [3.8, 4) is 28.0 Å². The highest BCUT2D eigenvalue weighted by atomic mass is 79.9. The second kappa shape index (κ2) is 18.2. The second-order valence-electron chi connectivity index (χ2n) is 12.8. The van der Waals surface area contributed by atoms with Gasteiger partial charge in [-0.25, -0.2) is 0 Å². The molecule has 0 aliphatic carbocycles. The molecule has 0 saturated heterocycles. The second-order valence-corrected chi connectivity index (χ2v) is 15.7. The van der Waals surface area contributed by atoms with Crippen LogP contribution in [-0.4, -0.2) is 44.6 Å². The summed E-state index contributed by atoms with van der Waals surface area (Å²) in [7, 11) is -0.869. The SMILES string of the molecule is O=[N+]([O-])c1ccccc1-c1cccc2c1sc1c(-c3ccccc3[N+](=O)[O-])cccc12.O=[N+]([O-])c1ccccc1Br.O[B]Oc1cccc2c1sc1c(B(O)O)cccc12. The Labute approximate surface area is 357 Å². The molecule has 0 aliphatic rings. The van der Waals surface area contributed by atoms with E-state index in [4.69, 9.17) is 9.68 Å². The molecule has 7 aromatic carbocycles. The van der Waals surface area contributed by atoms with Crippen molar-refractivity contribution in [2.24, 2.45) is 0 Å². The summed E-state index contributed by atoms with van der Waals surface area (Å²) in [5.41, 5.74) is 3.32. The van der Waals surface area contributed by atoms with Crippen molar-refractivity contribution in [2.75, 3.05) is 0 Å². The van der Waals surface area contributed by atoms with E-state index in [-0.39, 0.29) is 26.9 Å². The van der Waals surface area contributed by atoms with Crippen molar-refractivity contribution in [2.45, 2.75) is 0 Å². The molecule has 0 fully saturated rings. The highest BCUT2D eigenvalue weighted by Crippen LogP contribution is 2.46. The fourth-order valence-electron chi connectivity index (χ4n) is 6.73. The zero-order valence-electron chi connectivity index (χ0n) is 30.7. The largest absolute Gasteiger partial charge is 0.569 e. The van der Waals surface area contributed by atoms with E-state index in [0.29, 0.717) is 34.5 Å². The van der Waals surface area contributed by atoms with Crippen molar-refractivity contribution >= 4 is 116 Å². The number of hydrogen-bond acceptors (Lipinski definition) is 12. The molecule has 2 heterocycles. The van der Waals surface area contributed by atoms with Crippen LogP contribution in [0.1, 0.15) is 0 Å². The molecule has 1 radical (unpaired) electrons. The minimum Gasteiger partial charge on any atom is -0.536 e. The van der Waals surface area contributed by atoms with Gasteiger partial charge in [0, 0.05) is 65.0 Å². The third-order valence-electron chi connectivity index (χ3n) is 9.33. The lowest BCUT2D eigenvalue weighted by atomic mass is 9.80. The van der Waals surface area contributed by atoms with Crippen molar-refractivity contribution in [3.05, 3.63) is 180 Å². The van der Waals surface area contributed by atoms with Gasteiger partial charge in [-0.15, -0.1) is 22.7 Å². The van der Waals surface area contributed by atoms with Gasteiger partial charge in [0.05, 0.1) is 35.1 Å². The van der Waals surface area contributed by atoms with Gasteiger partial charge in [-0.1, -0.05) is 103 Å². The Bertz CT molecular complexity index is 2980. The first-order valence-electron chi connectivity index (χ1n) is 17.7. The van der Waals surface area contributed by atoms with Crippen LogP contribution in [0, 0.1) is 30.3 Å². The summed E-state index contributed by atoms with van der Waals surface area (Å²) in [6.45, 7) is 0. The monoisotopic (exact) mass is 898 g/mol. The maximum atomic E-state index is 11.6. The Kier molecular flexibility index (Phi) is 12.6. The topological polar surface area (TPSA) is 199 Å². The zero-order valence-corrected chi connectivity index (χ0v) is 34.0. The molecule has 9 aromatic rings. The van der Waals surface area contributed by atoms with Gasteiger partial charge in [-0.05, 0) is 45.7 Å². The first kappa shape index (κ1) is 41.6. The summed E-state index contributed by atoms with van der Waals surface area (Å²) in [6, 6.07) is 42.2. The van der Waals surface area contributed by atoms with Gasteiger partial charge in [0.25, 0.3) is 17.1 Å². The van der Waals surface area contributed by atoms with Crippen LogP contribution < -0.4 is 10.1 Å². The maximum absolute atomic E-state index is 11.6. The van der Waals surface area contributed by atoms with Crippen molar-refractivity contribution in [1.82, 2.24) is 0 Å². The molecular weight excluding hydrogens is 872 g/mol. The summed E-state index contributed by atoms with van der Waals surface area (Å²) >= 11 is 5.96. The number of nitrogens with zero attached hydrogens (tertiary/aromatic N) is 3. The van der Waals surface area contributed by atoms with Crippen molar-refractivity contribution < 1.29 is 34.5 Å². The average Bonchev–Trinajstić information content (AvgIpc) is 3.84. The van der Waals surface area contributed by atoms with Gasteiger partial charge >= 0.3 is 14.8 Å². The van der Waals surface area contributed by atoms with E-state index in [1.165, 1.54) is 40.9 Å². The Hall–Kier alpha value is -6.53. The van der Waals surface area contributed by atoms with E-state index in [2.05, 4.69) is 15.9 Å². The van der Waals surface area contributed by atoms with Crippen LogP contribution in [0.3, 0.4) is 0 Å². The van der Waals surface area contributed by atoms with Crippen LogP contribution in [0.4, 0.5) is 17.1 Å². The molecule has 0 amide bonds. The number of fused-ring (bicyclic) bond motifs is 6.